The van der Waals surface area contributed by atoms with Crippen LogP contribution in [0.5, 0.6) is 11.5 Å². The Bertz CT molecular complexity index is 1320. The van der Waals surface area contributed by atoms with E-state index in [1.807, 2.05) is 60.0 Å². The van der Waals surface area contributed by atoms with Crippen molar-refractivity contribution in [1.29, 1.82) is 0 Å². The van der Waals surface area contributed by atoms with E-state index in [2.05, 4.69) is 20.9 Å². The van der Waals surface area contributed by atoms with Gasteiger partial charge in [0.25, 0.3) is 5.91 Å². The summed E-state index contributed by atoms with van der Waals surface area (Å²) < 4.78 is 5.22. The highest BCUT2D eigenvalue weighted by atomic mass is 32.1. The smallest absolute Gasteiger partial charge is 0.274 e. The summed E-state index contributed by atoms with van der Waals surface area (Å²) in [7, 11) is 1.62. The molecule has 1 unspecified atom stereocenters. The van der Waals surface area contributed by atoms with Crippen molar-refractivity contribution in [3.8, 4) is 22.8 Å². The molecular formula is C25H21N5O3S. The number of thiazole rings is 1. The maximum atomic E-state index is 13.4. The molecular weight excluding hydrogens is 450 g/mol. The Kier molecular flexibility index (Phi) is 5.94. The standard InChI is InChI=1S/C25H21N5O3S/c1-33-20-13-7-16(8-14-20)21-15-34-25(26-21)30-24(32)23(22(29-30)17-5-3-2-4-6-17)28-27-18-9-11-19(31)12-10-18/h2-15,23,27-28,31H,1H3. The van der Waals surface area contributed by atoms with Gasteiger partial charge in [-0.1, -0.05) is 30.3 Å². The van der Waals surface area contributed by atoms with Crippen LogP contribution in [-0.4, -0.2) is 34.9 Å². The molecule has 1 amide bonds. The lowest BCUT2D eigenvalue weighted by Gasteiger charge is -2.16. The maximum Gasteiger partial charge on any atom is 0.274 e. The molecule has 0 fully saturated rings. The van der Waals surface area contributed by atoms with E-state index < -0.39 is 6.04 Å². The van der Waals surface area contributed by atoms with Gasteiger partial charge in [0.15, 0.2) is 6.04 Å². The van der Waals surface area contributed by atoms with E-state index >= 15 is 0 Å². The van der Waals surface area contributed by atoms with Gasteiger partial charge >= 0.3 is 0 Å². The number of hydrogen-bond acceptors (Lipinski definition) is 8. The SMILES string of the molecule is COc1ccc(-c2csc(N3N=C(c4ccccc4)C(NNc4ccc(O)cc4)C3=O)n2)cc1. The van der Waals surface area contributed by atoms with Gasteiger partial charge in [-0.3, -0.25) is 4.79 Å². The van der Waals surface area contributed by atoms with Gasteiger partial charge in [-0.2, -0.15) is 10.1 Å². The monoisotopic (exact) mass is 471 g/mol. The summed E-state index contributed by atoms with van der Waals surface area (Å²) in [6.45, 7) is 0. The van der Waals surface area contributed by atoms with E-state index in [4.69, 9.17) is 4.74 Å². The first-order valence-electron chi connectivity index (χ1n) is 10.5. The average Bonchev–Trinajstić information content (AvgIpc) is 3.49. The molecule has 1 aliphatic rings. The van der Waals surface area contributed by atoms with Crippen molar-refractivity contribution in [3.05, 3.63) is 89.8 Å². The summed E-state index contributed by atoms with van der Waals surface area (Å²) in [5, 5.41) is 17.9. The quantitative estimate of drug-likeness (QED) is 0.275. The Labute approximate surface area is 200 Å². The second-order valence-electron chi connectivity index (χ2n) is 7.49. The fraction of sp³-hybridized carbons (Fsp3) is 0.0800. The molecule has 8 nitrogen and oxygen atoms in total. The third-order valence-corrected chi connectivity index (χ3v) is 6.11. The third kappa shape index (κ3) is 4.34. The first-order valence-corrected chi connectivity index (χ1v) is 11.4. The van der Waals surface area contributed by atoms with Gasteiger partial charge in [0, 0.05) is 22.2 Å². The third-order valence-electron chi connectivity index (χ3n) is 5.29. The van der Waals surface area contributed by atoms with Crippen LogP contribution in [0, 0.1) is 0 Å². The number of carbonyl (C=O) groups is 1. The van der Waals surface area contributed by atoms with Crippen LogP contribution in [0.25, 0.3) is 11.3 Å². The van der Waals surface area contributed by atoms with Crippen LogP contribution in [0.4, 0.5) is 10.8 Å². The molecule has 0 spiro atoms. The summed E-state index contributed by atoms with van der Waals surface area (Å²) in [6, 6.07) is 23.0. The Morgan fingerprint density at radius 3 is 2.41 bits per heavy atom. The fourth-order valence-corrected chi connectivity index (χ4v) is 4.30. The topological polar surface area (TPSA) is 99.1 Å². The number of nitrogens with zero attached hydrogens (tertiary/aromatic N) is 3. The van der Waals surface area contributed by atoms with Gasteiger partial charge in [-0.05, 0) is 48.5 Å². The summed E-state index contributed by atoms with van der Waals surface area (Å²) in [4.78, 5) is 18.1. The molecule has 1 aliphatic heterocycles. The minimum atomic E-state index is -0.732. The molecule has 0 radical (unpaired) electrons. The number of aromatic nitrogens is 1. The minimum Gasteiger partial charge on any atom is -0.508 e. The van der Waals surface area contributed by atoms with Crippen molar-refractivity contribution >= 4 is 33.8 Å². The van der Waals surface area contributed by atoms with Crippen LogP contribution in [0.2, 0.25) is 0 Å². The molecule has 0 bridgehead atoms. The second kappa shape index (κ2) is 9.34. The predicted octanol–water partition coefficient (Wildman–Crippen LogP) is 4.26. The number of aromatic hydroxyl groups is 1. The summed E-state index contributed by atoms with van der Waals surface area (Å²) >= 11 is 1.35. The van der Waals surface area contributed by atoms with Gasteiger partial charge in [-0.15, -0.1) is 11.3 Å². The van der Waals surface area contributed by atoms with Crippen molar-refractivity contribution in [2.24, 2.45) is 5.10 Å². The Hall–Kier alpha value is -4.21. The number of phenolic OH excluding ortho intramolecular Hbond substituents is 1. The minimum absolute atomic E-state index is 0.164. The Morgan fingerprint density at radius 1 is 0.971 bits per heavy atom. The van der Waals surface area contributed by atoms with E-state index in [1.165, 1.54) is 16.3 Å². The van der Waals surface area contributed by atoms with Crippen LogP contribution < -0.4 is 20.6 Å². The molecule has 1 aromatic heterocycles. The van der Waals surface area contributed by atoms with Crippen LogP contribution in [0.3, 0.4) is 0 Å². The van der Waals surface area contributed by atoms with E-state index in [0.717, 1.165) is 22.6 Å². The zero-order valence-corrected chi connectivity index (χ0v) is 19.0. The molecule has 9 heteroatoms. The number of anilines is 2. The second-order valence-corrected chi connectivity index (χ2v) is 8.33. The van der Waals surface area contributed by atoms with E-state index in [0.29, 0.717) is 16.5 Å². The largest absolute Gasteiger partial charge is 0.508 e. The number of carbonyl (C=O) groups excluding carboxylic acids is 1. The van der Waals surface area contributed by atoms with Gasteiger partial charge in [0.05, 0.1) is 18.5 Å². The van der Waals surface area contributed by atoms with Crippen molar-refractivity contribution in [2.75, 3.05) is 17.5 Å². The molecule has 2 heterocycles. The number of ether oxygens (including phenoxy) is 1. The molecule has 3 aromatic carbocycles. The van der Waals surface area contributed by atoms with Crippen LogP contribution in [0.15, 0.2) is 89.3 Å². The lowest BCUT2D eigenvalue weighted by atomic mass is 10.0. The lowest BCUT2D eigenvalue weighted by Crippen LogP contribution is -2.46. The zero-order chi connectivity index (χ0) is 23.5. The maximum absolute atomic E-state index is 13.4. The molecule has 0 aliphatic carbocycles. The molecule has 1 atom stereocenters. The molecule has 5 rings (SSSR count). The molecule has 34 heavy (non-hydrogen) atoms. The summed E-state index contributed by atoms with van der Waals surface area (Å²) in [5.74, 6) is 0.679. The molecule has 170 valence electrons. The van der Waals surface area contributed by atoms with Gasteiger partial charge in [0.1, 0.15) is 11.5 Å². The number of hydrazine groups is 1. The number of benzene rings is 3. The highest BCUT2D eigenvalue weighted by molar-refractivity contribution is 7.14. The molecule has 0 saturated carbocycles. The van der Waals surface area contributed by atoms with Crippen LogP contribution >= 0.6 is 11.3 Å². The van der Waals surface area contributed by atoms with Gasteiger partial charge < -0.3 is 15.3 Å². The fourth-order valence-electron chi connectivity index (χ4n) is 3.51. The Balaban J connectivity index is 1.42. The van der Waals surface area contributed by atoms with Gasteiger partial charge in [-0.25, -0.2) is 10.4 Å². The van der Waals surface area contributed by atoms with Crippen molar-refractivity contribution in [2.45, 2.75) is 6.04 Å². The molecule has 4 aromatic rings. The first kappa shape index (κ1) is 21.6. The predicted molar refractivity (Wildman–Crippen MR) is 133 cm³/mol. The summed E-state index contributed by atoms with van der Waals surface area (Å²) in [6.07, 6.45) is 0. The van der Waals surface area contributed by atoms with E-state index in [-0.39, 0.29) is 11.7 Å². The number of phenols is 1. The number of rotatable bonds is 7. The molecule has 0 saturated heterocycles. The van der Waals surface area contributed by atoms with Crippen molar-refractivity contribution < 1.29 is 14.6 Å². The number of hydrazone groups is 1. The molecule has 3 N–H and O–H groups in total. The van der Waals surface area contributed by atoms with Crippen molar-refractivity contribution in [3.63, 3.8) is 0 Å². The number of amides is 1. The highest BCUT2D eigenvalue weighted by Gasteiger charge is 2.38. The van der Waals surface area contributed by atoms with E-state index in [9.17, 15) is 9.90 Å². The van der Waals surface area contributed by atoms with E-state index in [1.54, 1.807) is 31.4 Å². The number of hydrogen-bond donors (Lipinski definition) is 3. The van der Waals surface area contributed by atoms with Gasteiger partial charge in [0.2, 0.25) is 5.13 Å². The number of nitrogens with one attached hydrogen (secondary N) is 2. The number of methoxy groups -OCH3 is 1. The van der Waals surface area contributed by atoms with Crippen LogP contribution in [0.1, 0.15) is 5.56 Å². The average molecular weight is 472 g/mol. The summed E-state index contributed by atoms with van der Waals surface area (Å²) in [5.41, 5.74) is 9.90. The van der Waals surface area contributed by atoms with Crippen molar-refractivity contribution in [1.82, 2.24) is 10.4 Å². The highest BCUT2D eigenvalue weighted by Crippen LogP contribution is 2.31. The van der Waals surface area contributed by atoms with Crippen LogP contribution in [-0.2, 0) is 4.79 Å². The Morgan fingerprint density at radius 2 is 1.71 bits per heavy atom. The zero-order valence-electron chi connectivity index (χ0n) is 18.2. The normalized spacial score (nSPS) is 15.3. The first-order chi connectivity index (χ1) is 16.6. The lowest BCUT2D eigenvalue weighted by molar-refractivity contribution is -0.118.